The summed E-state index contributed by atoms with van der Waals surface area (Å²) < 4.78 is 0. The first-order valence-electron chi connectivity index (χ1n) is 8.47. The molecule has 1 saturated carbocycles. The van der Waals surface area contributed by atoms with Crippen molar-refractivity contribution in [1.82, 2.24) is 0 Å². The SMILES string of the molecule is CC(C)c1cc(C(C)C)c(C[C@H]2C[C@@H]2C)c(C(C)C)c1. The lowest BCUT2D eigenvalue weighted by Crippen LogP contribution is -2.07. The van der Waals surface area contributed by atoms with Crippen molar-refractivity contribution in [2.75, 3.05) is 0 Å². The van der Waals surface area contributed by atoms with Crippen LogP contribution in [0, 0.1) is 11.8 Å². The molecule has 0 heteroatoms. The Balaban J connectivity index is 2.48. The van der Waals surface area contributed by atoms with Crippen LogP contribution in [-0.4, -0.2) is 0 Å². The molecule has 1 fully saturated rings. The van der Waals surface area contributed by atoms with E-state index in [0.29, 0.717) is 17.8 Å². The number of rotatable bonds is 5. The maximum absolute atomic E-state index is 2.49. The molecule has 0 spiro atoms. The summed E-state index contributed by atoms with van der Waals surface area (Å²) >= 11 is 0. The van der Waals surface area contributed by atoms with E-state index in [9.17, 15) is 0 Å². The third-order valence-corrected chi connectivity index (χ3v) is 4.99. The van der Waals surface area contributed by atoms with Gasteiger partial charge in [-0.1, -0.05) is 60.6 Å². The molecule has 0 radical (unpaired) electrons. The highest BCUT2D eigenvalue weighted by atomic mass is 14.4. The smallest absolute Gasteiger partial charge is 0.0216 e. The van der Waals surface area contributed by atoms with Gasteiger partial charge in [0.15, 0.2) is 0 Å². The fourth-order valence-electron chi connectivity index (χ4n) is 3.29. The predicted octanol–water partition coefficient (Wildman–Crippen LogP) is 6.26. The first-order valence-corrected chi connectivity index (χ1v) is 8.47. The Morgan fingerprint density at radius 3 is 1.65 bits per heavy atom. The summed E-state index contributed by atoms with van der Waals surface area (Å²) in [5, 5.41) is 0. The largest absolute Gasteiger partial charge is 0.0622 e. The molecule has 1 aromatic carbocycles. The van der Waals surface area contributed by atoms with Crippen LogP contribution in [0.1, 0.15) is 94.9 Å². The molecule has 1 aliphatic rings. The maximum Gasteiger partial charge on any atom is -0.0216 e. The van der Waals surface area contributed by atoms with Gasteiger partial charge in [-0.05, 0) is 64.7 Å². The van der Waals surface area contributed by atoms with Crippen LogP contribution in [0.4, 0.5) is 0 Å². The minimum absolute atomic E-state index is 0.624. The monoisotopic (exact) mass is 272 g/mol. The molecular formula is C20H32. The molecule has 0 aliphatic heterocycles. The molecule has 0 aromatic heterocycles. The van der Waals surface area contributed by atoms with Crippen LogP contribution in [-0.2, 0) is 6.42 Å². The van der Waals surface area contributed by atoms with Crippen molar-refractivity contribution in [3.05, 3.63) is 34.4 Å². The summed E-state index contributed by atoms with van der Waals surface area (Å²) in [7, 11) is 0. The Hall–Kier alpha value is -0.780. The van der Waals surface area contributed by atoms with Gasteiger partial charge in [-0.2, -0.15) is 0 Å². The number of benzene rings is 1. The van der Waals surface area contributed by atoms with Gasteiger partial charge in [0.05, 0.1) is 0 Å². The van der Waals surface area contributed by atoms with E-state index >= 15 is 0 Å². The second kappa shape index (κ2) is 5.92. The first-order chi connectivity index (χ1) is 9.31. The molecule has 20 heavy (non-hydrogen) atoms. The summed E-state index contributed by atoms with van der Waals surface area (Å²) in [5.74, 6) is 3.78. The van der Waals surface area contributed by atoms with E-state index in [1.54, 1.807) is 16.7 Å². The highest BCUT2D eigenvalue weighted by Crippen LogP contribution is 2.43. The van der Waals surface area contributed by atoms with E-state index in [1.807, 2.05) is 0 Å². The van der Waals surface area contributed by atoms with Gasteiger partial charge in [0, 0.05) is 0 Å². The molecule has 0 amide bonds. The van der Waals surface area contributed by atoms with Crippen molar-refractivity contribution in [1.29, 1.82) is 0 Å². The molecule has 1 aliphatic carbocycles. The zero-order valence-electron chi connectivity index (χ0n) is 14.5. The van der Waals surface area contributed by atoms with Crippen LogP contribution in [0.15, 0.2) is 12.1 Å². The fourth-order valence-corrected chi connectivity index (χ4v) is 3.29. The minimum Gasteiger partial charge on any atom is -0.0622 e. The molecule has 0 heterocycles. The molecule has 2 rings (SSSR count). The van der Waals surface area contributed by atoms with Crippen molar-refractivity contribution in [3.63, 3.8) is 0 Å². The quantitative estimate of drug-likeness (QED) is 0.594. The van der Waals surface area contributed by atoms with Gasteiger partial charge >= 0.3 is 0 Å². The zero-order chi connectivity index (χ0) is 15.0. The van der Waals surface area contributed by atoms with E-state index in [-0.39, 0.29) is 0 Å². The standard InChI is InChI=1S/C20H32/c1-12(2)16-9-18(13(3)4)20(11-17-8-15(17)7)19(10-16)14(5)6/h9-10,12-15,17H,8,11H2,1-7H3/t15-,17+/m0/s1. The topological polar surface area (TPSA) is 0 Å². The van der Waals surface area contributed by atoms with Crippen molar-refractivity contribution >= 4 is 0 Å². The average molecular weight is 272 g/mol. The van der Waals surface area contributed by atoms with E-state index in [4.69, 9.17) is 0 Å². The highest BCUT2D eigenvalue weighted by Gasteiger charge is 2.34. The Morgan fingerprint density at radius 2 is 1.35 bits per heavy atom. The van der Waals surface area contributed by atoms with Crippen LogP contribution in [0.2, 0.25) is 0 Å². The fraction of sp³-hybridized carbons (Fsp3) is 0.700. The Labute approximate surface area is 126 Å². The van der Waals surface area contributed by atoms with Crippen molar-refractivity contribution in [2.24, 2.45) is 11.8 Å². The van der Waals surface area contributed by atoms with Gasteiger partial charge in [-0.3, -0.25) is 0 Å². The van der Waals surface area contributed by atoms with Crippen LogP contribution in [0.25, 0.3) is 0 Å². The van der Waals surface area contributed by atoms with Crippen LogP contribution >= 0.6 is 0 Å². The highest BCUT2D eigenvalue weighted by molar-refractivity contribution is 5.44. The summed E-state index contributed by atoms with van der Waals surface area (Å²) in [6.45, 7) is 16.4. The van der Waals surface area contributed by atoms with Gasteiger partial charge in [0.25, 0.3) is 0 Å². The first kappa shape index (κ1) is 15.6. The predicted molar refractivity (Wildman–Crippen MR) is 89.7 cm³/mol. The van der Waals surface area contributed by atoms with Gasteiger partial charge < -0.3 is 0 Å². The van der Waals surface area contributed by atoms with Gasteiger partial charge in [-0.25, -0.2) is 0 Å². The van der Waals surface area contributed by atoms with Gasteiger partial charge in [0.1, 0.15) is 0 Å². The molecular weight excluding hydrogens is 240 g/mol. The summed E-state index contributed by atoms with van der Waals surface area (Å²) in [6.07, 6.45) is 2.74. The lowest BCUT2D eigenvalue weighted by molar-refractivity contribution is 0.704. The van der Waals surface area contributed by atoms with Crippen LogP contribution in [0.3, 0.4) is 0 Å². The van der Waals surface area contributed by atoms with E-state index in [0.717, 1.165) is 11.8 Å². The van der Waals surface area contributed by atoms with Gasteiger partial charge in [0.2, 0.25) is 0 Å². The molecule has 2 atom stereocenters. The number of hydrogen-bond acceptors (Lipinski definition) is 0. The van der Waals surface area contributed by atoms with E-state index in [2.05, 4.69) is 60.6 Å². The van der Waals surface area contributed by atoms with Crippen molar-refractivity contribution in [2.45, 2.75) is 79.1 Å². The van der Waals surface area contributed by atoms with Crippen LogP contribution < -0.4 is 0 Å². The lowest BCUT2D eigenvalue weighted by atomic mass is 9.82. The summed E-state index contributed by atoms with van der Waals surface area (Å²) in [4.78, 5) is 0. The molecule has 0 nitrogen and oxygen atoms in total. The second-order valence-corrected chi connectivity index (χ2v) is 7.82. The maximum atomic E-state index is 2.49. The third-order valence-electron chi connectivity index (χ3n) is 4.99. The zero-order valence-corrected chi connectivity index (χ0v) is 14.5. The van der Waals surface area contributed by atoms with Gasteiger partial charge in [-0.15, -0.1) is 0 Å². The Morgan fingerprint density at radius 1 is 0.900 bits per heavy atom. The molecule has 1 aromatic rings. The second-order valence-electron chi connectivity index (χ2n) is 7.82. The Bertz CT molecular complexity index is 436. The third kappa shape index (κ3) is 3.27. The molecule has 0 N–H and O–H groups in total. The average Bonchev–Trinajstić information content (AvgIpc) is 3.03. The molecule has 0 bridgehead atoms. The normalized spacial score (nSPS) is 22.1. The summed E-state index contributed by atoms with van der Waals surface area (Å²) in [5.41, 5.74) is 6.41. The molecule has 0 unspecified atom stereocenters. The van der Waals surface area contributed by atoms with Crippen LogP contribution in [0.5, 0.6) is 0 Å². The van der Waals surface area contributed by atoms with Crippen molar-refractivity contribution in [3.8, 4) is 0 Å². The van der Waals surface area contributed by atoms with Crippen molar-refractivity contribution < 1.29 is 0 Å². The number of hydrogen-bond donors (Lipinski definition) is 0. The minimum atomic E-state index is 0.624. The summed E-state index contributed by atoms with van der Waals surface area (Å²) in [6, 6.07) is 4.98. The Kier molecular flexibility index (Phi) is 4.62. The van der Waals surface area contributed by atoms with E-state index in [1.165, 1.54) is 18.4 Å². The lowest BCUT2D eigenvalue weighted by Gasteiger charge is -2.23. The molecule has 112 valence electrons. The van der Waals surface area contributed by atoms with E-state index < -0.39 is 0 Å². The molecule has 0 saturated heterocycles.